The molecule has 7 aliphatic rings. The van der Waals surface area contributed by atoms with E-state index in [0.717, 1.165) is 23.7 Å². The van der Waals surface area contributed by atoms with Crippen molar-refractivity contribution >= 4 is 57.2 Å². The summed E-state index contributed by atoms with van der Waals surface area (Å²) < 4.78 is 0. The summed E-state index contributed by atoms with van der Waals surface area (Å²) in [6.07, 6.45) is 7.09. The maximum atomic E-state index is 2.70. The molecule has 0 N–H and O–H groups in total. The van der Waals surface area contributed by atoms with Crippen LogP contribution in [0.3, 0.4) is 0 Å². The lowest BCUT2D eigenvalue weighted by molar-refractivity contribution is -0.0419. The first-order chi connectivity index (χ1) is 23.3. The van der Waals surface area contributed by atoms with Gasteiger partial charge in [-0.2, -0.15) is 0 Å². The number of aryl methyl sites for hydroxylation is 1. The number of fused-ring (bicyclic) bond motifs is 6. The van der Waals surface area contributed by atoms with E-state index in [2.05, 4.69) is 141 Å². The van der Waals surface area contributed by atoms with Crippen molar-refractivity contribution in [2.24, 2.45) is 23.7 Å². The van der Waals surface area contributed by atoms with Gasteiger partial charge in [-0.05, 0) is 137 Å². The van der Waals surface area contributed by atoms with E-state index in [4.69, 9.17) is 0 Å². The van der Waals surface area contributed by atoms with Crippen LogP contribution in [0.5, 0.6) is 0 Å². The Kier molecular flexibility index (Phi) is 5.34. The van der Waals surface area contributed by atoms with Crippen molar-refractivity contribution in [3.63, 3.8) is 0 Å². The topological polar surface area (TPSA) is 6.48 Å². The second-order valence-corrected chi connectivity index (χ2v) is 17.1. The minimum absolute atomic E-state index is 0.0550. The third-order valence-corrected chi connectivity index (χ3v) is 13.7. The molecule has 4 saturated carbocycles. The smallest absolute Gasteiger partial charge is 0.252 e. The Bertz CT molecular complexity index is 2160. The van der Waals surface area contributed by atoms with Crippen molar-refractivity contribution in [1.82, 2.24) is 0 Å². The van der Waals surface area contributed by atoms with Crippen LogP contribution >= 0.6 is 0 Å². The van der Waals surface area contributed by atoms with Crippen molar-refractivity contribution in [3.05, 3.63) is 125 Å². The fourth-order valence-corrected chi connectivity index (χ4v) is 12.1. The largest absolute Gasteiger partial charge is 0.311 e. The van der Waals surface area contributed by atoms with Crippen molar-refractivity contribution in [2.75, 3.05) is 9.80 Å². The average Bonchev–Trinajstić information content (AvgIpc) is 3.08. The van der Waals surface area contributed by atoms with E-state index < -0.39 is 0 Å². The Morgan fingerprint density at radius 2 is 1.21 bits per heavy atom. The molecule has 12 rings (SSSR count). The van der Waals surface area contributed by atoms with E-state index in [9.17, 15) is 0 Å². The molecule has 236 valence electrons. The fraction of sp³-hybridized carbons (Fsp3) is 0.333. The SMILES string of the molecule is Cc1ccccc1N1c2cc(C(C)(C)C)ccc2B2c3cccc4c3N(c3ccccc3C43C4CC5CC(C4)CC3C5)c3cccc1c32. The molecule has 5 aromatic carbocycles. The molecule has 3 heterocycles. The Balaban J connectivity index is 1.24. The van der Waals surface area contributed by atoms with Crippen LogP contribution < -0.4 is 26.2 Å². The number of anilines is 6. The Morgan fingerprint density at radius 3 is 1.94 bits per heavy atom. The number of rotatable bonds is 1. The summed E-state index contributed by atoms with van der Waals surface area (Å²) in [7, 11) is 0. The Labute approximate surface area is 285 Å². The standard InChI is InChI=1S/C45H43BN2/c1-27-11-5-7-15-37(27)47-39-17-10-18-40-42(39)46(35-20-19-30(26-41(35)47)44(2,3)4)36-14-9-13-34-43(36)48(40)38-16-8-6-12-33(38)45(34)31-22-28-21-29(24-31)25-32(45)23-28/h5-20,26,28-29,31-32H,21-25H2,1-4H3. The van der Waals surface area contributed by atoms with Gasteiger partial charge in [0.05, 0.1) is 5.69 Å². The normalized spacial score (nSPS) is 26.7. The Morgan fingerprint density at radius 1 is 0.583 bits per heavy atom. The lowest BCUT2D eigenvalue weighted by Crippen LogP contribution is -2.64. The maximum absolute atomic E-state index is 2.70. The number of para-hydroxylation sites is 3. The number of benzene rings is 5. The molecule has 0 saturated heterocycles. The first kappa shape index (κ1) is 27.7. The molecule has 0 radical (unpaired) electrons. The molecule has 2 nitrogen and oxygen atoms in total. The zero-order valence-corrected chi connectivity index (χ0v) is 28.6. The maximum Gasteiger partial charge on any atom is 0.252 e. The van der Waals surface area contributed by atoms with Gasteiger partial charge in [-0.25, -0.2) is 0 Å². The van der Waals surface area contributed by atoms with Gasteiger partial charge in [0.25, 0.3) is 6.71 Å². The van der Waals surface area contributed by atoms with Crippen molar-refractivity contribution in [2.45, 2.75) is 70.6 Å². The van der Waals surface area contributed by atoms with Crippen molar-refractivity contribution in [3.8, 4) is 0 Å². The van der Waals surface area contributed by atoms with Crippen LogP contribution in [0.1, 0.15) is 75.1 Å². The van der Waals surface area contributed by atoms with Crippen LogP contribution in [-0.2, 0) is 10.8 Å². The number of hydrogen-bond acceptors (Lipinski definition) is 2. The van der Waals surface area contributed by atoms with Crippen molar-refractivity contribution in [1.29, 1.82) is 0 Å². The predicted molar refractivity (Wildman–Crippen MR) is 202 cm³/mol. The first-order valence-electron chi connectivity index (χ1n) is 18.5. The number of nitrogens with zero attached hydrogens (tertiary/aromatic N) is 2. The van der Waals surface area contributed by atoms with Crippen LogP contribution in [0.25, 0.3) is 0 Å². The predicted octanol–water partition coefficient (Wildman–Crippen LogP) is 9.43. The molecule has 0 atom stereocenters. The molecule has 4 bridgehead atoms. The molecular weight excluding hydrogens is 579 g/mol. The lowest BCUT2D eigenvalue weighted by atomic mass is 9.32. The molecule has 3 heteroatoms. The van der Waals surface area contributed by atoms with Gasteiger partial charge in [0.1, 0.15) is 0 Å². The van der Waals surface area contributed by atoms with Gasteiger partial charge in [0.15, 0.2) is 0 Å². The summed E-state index contributed by atoms with van der Waals surface area (Å²) >= 11 is 0. The second kappa shape index (κ2) is 9.26. The van der Waals surface area contributed by atoms with Gasteiger partial charge in [0.2, 0.25) is 0 Å². The van der Waals surface area contributed by atoms with Gasteiger partial charge in [-0.3, -0.25) is 0 Å². The third kappa shape index (κ3) is 3.31. The van der Waals surface area contributed by atoms with Crippen molar-refractivity contribution < 1.29 is 0 Å². The highest BCUT2D eigenvalue weighted by Gasteiger charge is 2.62. The summed E-state index contributed by atoms with van der Waals surface area (Å²) in [4.78, 5) is 5.29. The van der Waals surface area contributed by atoms with Crippen LogP contribution in [0, 0.1) is 30.6 Å². The number of hydrogen-bond donors (Lipinski definition) is 0. The molecule has 4 fully saturated rings. The van der Waals surface area contributed by atoms with Gasteiger partial charge >= 0.3 is 0 Å². The van der Waals surface area contributed by atoms with E-state index in [0.29, 0.717) is 0 Å². The third-order valence-electron chi connectivity index (χ3n) is 13.7. The van der Waals surface area contributed by atoms with Gasteiger partial charge in [-0.1, -0.05) is 93.6 Å². The molecule has 0 amide bonds. The van der Waals surface area contributed by atoms with Gasteiger partial charge in [0, 0.05) is 33.9 Å². The highest BCUT2D eigenvalue weighted by molar-refractivity contribution is 7.00. The summed E-state index contributed by atoms with van der Waals surface area (Å²) in [5.41, 5.74) is 18.6. The zero-order valence-electron chi connectivity index (χ0n) is 28.6. The molecule has 0 unspecified atom stereocenters. The summed E-state index contributed by atoms with van der Waals surface area (Å²) in [6.45, 7) is 9.48. The molecule has 5 aromatic rings. The quantitative estimate of drug-likeness (QED) is 0.168. The molecule has 3 aliphatic heterocycles. The second-order valence-electron chi connectivity index (χ2n) is 17.1. The fourth-order valence-electron chi connectivity index (χ4n) is 12.1. The van der Waals surface area contributed by atoms with Crippen LogP contribution in [0.2, 0.25) is 0 Å². The monoisotopic (exact) mass is 622 g/mol. The summed E-state index contributed by atoms with van der Waals surface area (Å²) in [5, 5.41) is 0. The minimum Gasteiger partial charge on any atom is -0.311 e. The van der Waals surface area contributed by atoms with E-state index in [1.54, 1.807) is 11.1 Å². The van der Waals surface area contributed by atoms with Crippen LogP contribution in [-0.4, -0.2) is 6.71 Å². The minimum atomic E-state index is 0.0550. The highest BCUT2D eigenvalue weighted by Crippen LogP contribution is 2.69. The molecular formula is C45H43BN2. The van der Waals surface area contributed by atoms with E-state index in [-0.39, 0.29) is 17.5 Å². The highest BCUT2D eigenvalue weighted by atomic mass is 15.2. The average molecular weight is 623 g/mol. The lowest BCUT2D eigenvalue weighted by Gasteiger charge is -2.64. The van der Waals surface area contributed by atoms with E-state index in [1.807, 2.05) is 0 Å². The molecule has 4 aliphatic carbocycles. The molecule has 1 spiro atoms. The zero-order chi connectivity index (χ0) is 32.1. The summed E-state index contributed by atoms with van der Waals surface area (Å²) in [5.74, 6) is 3.34. The van der Waals surface area contributed by atoms with Gasteiger partial charge in [-0.15, -0.1) is 0 Å². The van der Waals surface area contributed by atoms with Crippen LogP contribution in [0.15, 0.2) is 103 Å². The molecule has 48 heavy (non-hydrogen) atoms. The first-order valence-corrected chi connectivity index (χ1v) is 18.5. The Hall–Kier alpha value is -4.24. The van der Waals surface area contributed by atoms with E-state index >= 15 is 0 Å². The van der Waals surface area contributed by atoms with E-state index in [1.165, 1.54) is 93.7 Å². The summed E-state index contributed by atoms with van der Waals surface area (Å²) in [6, 6.07) is 40.5. The van der Waals surface area contributed by atoms with Crippen LogP contribution in [0.4, 0.5) is 34.1 Å². The molecule has 0 aromatic heterocycles. The van der Waals surface area contributed by atoms with Gasteiger partial charge < -0.3 is 9.80 Å².